The van der Waals surface area contributed by atoms with E-state index in [0.29, 0.717) is 12.1 Å². The van der Waals surface area contributed by atoms with Crippen LogP contribution >= 0.6 is 0 Å². The number of hydrogen-bond acceptors (Lipinski definition) is 4. The highest BCUT2D eigenvalue weighted by Gasteiger charge is 2.28. The topological polar surface area (TPSA) is 73.7 Å². The van der Waals surface area contributed by atoms with Crippen LogP contribution < -0.4 is 0 Å². The second-order valence-electron chi connectivity index (χ2n) is 7.08. The van der Waals surface area contributed by atoms with Gasteiger partial charge in [0.2, 0.25) is 0 Å². The molecule has 1 fully saturated rings. The molecule has 0 bridgehead atoms. The smallest absolute Gasteiger partial charge is 0.254 e. The molecule has 5 nitrogen and oxygen atoms in total. The lowest BCUT2D eigenvalue weighted by Gasteiger charge is -2.23. The van der Waals surface area contributed by atoms with Crippen LogP contribution in [0.2, 0.25) is 0 Å². The van der Waals surface area contributed by atoms with Gasteiger partial charge in [-0.1, -0.05) is 12.1 Å². The van der Waals surface area contributed by atoms with E-state index in [0.717, 1.165) is 29.5 Å². The van der Waals surface area contributed by atoms with Crippen molar-refractivity contribution < 1.29 is 15.0 Å². The number of aliphatic hydroxyl groups is 2. The lowest BCUT2D eigenvalue weighted by molar-refractivity contribution is 0.0677. The zero-order chi connectivity index (χ0) is 18.0. The van der Waals surface area contributed by atoms with Crippen LogP contribution in [0.25, 0.3) is 11.1 Å². The number of hydrogen-bond donors (Lipinski definition) is 2. The van der Waals surface area contributed by atoms with E-state index in [4.69, 9.17) is 0 Å². The molecule has 1 aromatic heterocycles. The molecule has 1 aromatic carbocycles. The minimum Gasteiger partial charge on any atom is -0.394 e. The molecule has 2 N–H and O–H groups in total. The number of nitrogens with zero attached hydrogens (tertiary/aromatic N) is 2. The third-order valence-electron chi connectivity index (χ3n) is 4.76. The van der Waals surface area contributed by atoms with Crippen molar-refractivity contribution in [3.8, 4) is 11.1 Å². The molecule has 25 heavy (non-hydrogen) atoms. The molecule has 0 unspecified atom stereocenters. The Kier molecular flexibility index (Phi) is 4.88. The van der Waals surface area contributed by atoms with Gasteiger partial charge in [-0.25, -0.2) is 0 Å². The van der Waals surface area contributed by atoms with E-state index in [1.54, 1.807) is 43.3 Å². The minimum absolute atomic E-state index is 0.0131. The molecule has 0 saturated carbocycles. The number of carbonyl (C=O) groups is 1. The quantitative estimate of drug-likeness (QED) is 0.897. The first kappa shape index (κ1) is 17.6. The molecule has 1 atom stereocenters. The Hall–Kier alpha value is -2.24. The Bertz CT molecular complexity index is 750. The van der Waals surface area contributed by atoms with Crippen LogP contribution in [0, 0.1) is 0 Å². The lowest BCUT2D eigenvalue weighted by Crippen LogP contribution is -2.37. The number of amides is 1. The van der Waals surface area contributed by atoms with Gasteiger partial charge in [0.1, 0.15) is 0 Å². The van der Waals surface area contributed by atoms with Crippen molar-refractivity contribution in [1.29, 1.82) is 0 Å². The van der Waals surface area contributed by atoms with Gasteiger partial charge in [0, 0.05) is 35.6 Å². The summed E-state index contributed by atoms with van der Waals surface area (Å²) in [5.74, 6) is -0.0357. The molecular weight excluding hydrogens is 316 g/mol. The predicted octanol–water partition coefficient (Wildman–Crippen LogP) is 2.57. The average Bonchev–Trinajstić information content (AvgIpc) is 3.09. The van der Waals surface area contributed by atoms with Crippen molar-refractivity contribution in [1.82, 2.24) is 9.88 Å². The molecule has 1 aliphatic heterocycles. The van der Waals surface area contributed by atoms with Gasteiger partial charge < -0.3 is 15.1 Å². The summed E-state index contributed by atoms with van der Waals surface area (Å²) >= 11 is 0. The fourth-order valence-corrected chi connectivity index (χ4v) is 3.20. The molecule has 1 aliphatic rings. The minimum atomic E-state index is -0.950. The first-order chi connectivity index (χ1) is 11.9. The molecule has 3 rings (SSSR count). The molecule has 0 radical (unpaired) electrons. The standard InChI is InChI=1S/C20H24N2O3/c1-20(2,25)17-10-16(11-21-12-17)14-5-7-15(8-6-14)19(24)22-9-3-4-18(22)13-23/h5-8,10-12,18,23,25H,3-4,9,13H2,1-2H3/t18-/m0/s1. The Morgan fingerprint density at radius 3 is 2.60 bits per heavy atom. The largest absolute Gasteiger partial charge is 0.394 e. The Balaban J connectivity index is 1.82. The summed E-state index contributed by atoms with van der Waals surface area (Å²) in [5.41, 5.74) is 2.25. The second kappa shape index (κ2) is 6.94. The highest BCUT2D eigenvalue weighted by Crippen LogP contribution is 2.26. The van der Waals surface area contributed by atoms with Crippen molar-refractivity contribution in [3.05, 3.63) is 53.9 Å². The normalized spacial score (nSPS) is 17.8. The Morgan fingerprint density at radius 2 is 1.96 bits per heavy atom. The zero-order valence-corrected chi connectivity index (χ0v) is 14.6. The monoisotopic (exact) mass is 340 g/mol. The van der Waals surface area contributed by atoms with Gasteiger partial charge in [0.15, 0.2) is 0 Å². The highest BCUT2D eigenvalue weighted by atomic mass is 16.3. The second-order valence-corrected chi connectivity index (χ2v) is 7.08. The van der Waals surface area contributed by atoms with Crippen molar-refractivity contribution in [2.75, 3.05) is 13.2 Å². The number of benzene rings is 1. The van der Waals surface area contributed by atoms with Gasteiger partial charge in [0.05, 0.1) is 18.2 Å². The number of pyridine rings is 1. The number of likely N-dealkylation sites (tertiary alicyclic amines) is 1. The fraction of sp³-hybridized carbons (Fsp3) is 0.400. The lowest BCUT2D eigenvalue weighted by atomic mass is 9.96. The first-order valence-electron chi connectivity index (χ1n) is 8.60. The maximum absolute atomic E-state index is 12.6. The number of aliphatic hydroxyl groups excluding tert-OH is 1. The molecule has 2 aromatic rings. The highest BCUT2D eigenvalue weighted by molar-refractivity contribution is 5.95. The third-order valence-corrected chi connectivity index (χ3v) is 4.76. The molecule has 1 amide bonds. The van der Waals surface area contributed by atoms with E-state index >= 15 is 0 Å². The van der Waals surface area contributed by atoms with Gasteiger partial charge in [-0.3, -0.25) is 9.78 Å². The third kappa shape index (κ3) is 3.72. The van der Waals surface area contributed by atoms with Gasteiger partial charge in [-0.2, -0.15) is 0 Å². The molecule has 1 saturated heterocycles. The summed E-state index contributed by atoms with van der Waals surface area (Å²) in [4.78, 5) is 18.6. The van der Waals surface area contributed by atoms with Crippen LogP contribution in [0.15, 0.2) is 42.7 Å². The number of rotatable bonds is 4. The van der Waals surface area contributed by atoms with Crippen LogP contribution in [0.3, 0.4) is 0 Å². The first-order valence-corrected chi connectivity index (χ1v) is 8.60. The molecular formula is C20H24N2O3. The van der Waals surface area contributed by atoms with Crippen molar-refractivity contribution in [2.45, 2.75) is 38.3 Å². The van der Waals surface area contributed by atoms with Gasteiger partial charge in [-0.15, -0.1) is 0 Å². The molecule has 132 valence electrons. The Labute approximate surface area is 147 Å². The van der Waals surface area contributed by atoms with E-state index in [1.807, 2.05) is 18.2 Å². The summed E-state index contributed by atoms with van der Waals surface area (Å²) < 4.78 is 0. The molecule has 5 heteroatoms. The van der Waals surface area contributed by atoms with E-state index in [-0.39, 0.29) is 18.6 Å². The maximum Gasteiger partial charge on any atom is 0.254 e. The SMILES string of the molecule is CC(C)(O)c1cncc(-c2ccc(C(=O)N3CCC[C@H]3CO)cc2)c1. The van der Waals surface area contributed by atoms with Crippen LogP contribution in [0.4, 0.5) is 0 Å². The summed E-state index contributed by atoms with van der Waals surface area (Å²) in [7, 11) is 0. The molecule has 0 spiro atoms. The van der Waals surface area contributed by atoms with E-state index < -0.39 is 5.60 Å². The molecule has 0 aliphatic carbocycles. The van der Waals surface area contributed by atoms with Crippen molar-refractivity contribution in [2.24, 2.45) is 0 Å². The summed E-state index contributed by atoms with van der Waals surface area (Å²) in [6.45, 7) is 4.16. The zero-order valence-electron chi connectivity index (χ0n) is 14.6. The van der Waals surface area contributed by atoms with E-state index in [2.05, 4.69) is 4.98 Å². The summed E-state index contributed by atoms with van der Waals surface area (Å²) in [5, 5.41) is 19.5. The Morgan fingerprint density at radius 1 is 1.24 bits per heavy atom. The van der Waals surface area contributed by atoms with Crippen LogP contribution in [-0.4, -0.2) is 45.2 Å². The van der Waals surface area contributed by atoms with Gasteiger partial charge in [-0.05, 0) is 50.5 Å². The summed E-state index contributed by atoms with van der Waals surface area (Å²) in [6, 6.07) is 9.24. The van der Waals surface area contributed by atoms with Crippen LogP contribution in [-0.2, 0) is 5.60 Å². The number of carbonyl (C=O) groups excluding carboxylic acids is 1. The van der Waals surface area contributed by atoms with Gasteiger partial charge in [0.25, 0.3) is 5.91 Å². The maximum atomic E-state index is 12.6. The van der Waals surface area contributed by atoms with Gasteiger partial charge >= 0.3 is 0 Å². The van der Waals surface area contributed by atoms with Crippen LogP contribution in [0.1, 0.15) is 42.6 Å². The van der Waals surface area contributed by atoms with Crippen molar-refractivity contribution >= 4 is 5.91 Å². The predicted molar refractivity (Wildman–Crippen MR) is 96.1 cm³/mol. The molecule has 2 heterocycles. The van der Waals surface area contributed by atoms with E-state index in [9.17, 15) is 15.0 Å². The fourth-order valence-electron chi connectivity index (χ4n) is 3.20. The average molecular weight is 340 g/mol. The summed E-state index contributed by atoms with van der Waals surface area (Å²) in [6.07, 6.45) is 5.19. The van der Waals surface area contributed by atoms with Crippen LogP contribution in [0.5, 0.6) is 0 Å². The van der Waals surface area contributed by atoms with Crippen molar-refractivity contribution in [3.63, 3.8) is 0 Å². The van der Waals surface area contributed by atoms with E-state index in [1.165, 1.54) is 0 Å². The number of aromatic nitrogens is 1.